The van der Waals surface area contributed by atoms with Gasteiger partial charge in [-0.1, -0.05) is 62.4 Å². The number of para-hydroxylation sites is 3. The second-order valence-corrected chi connectivity index (χ2v) is 8.44. The van der Waals surface area contributed by atoms with Crippen molar-refractivity contribution < 1.29 is 14.3 Å². The summed E-state index contributed by atoms with van der Waals surface area (Å²) in [5, 5.41) is 0. The third-order valence-corrected chi connectivity index (χ3v) is 6.22. The lowest BCUT2D eigenvalue weighted by atomic mass is 9.86. The fourth-order valence-electron chi connectivity index (χ4n) is 4.34. The molecule has 0 heterocycles. The molecule has 172 valence electrons. The van der Waals surface area contributed by atoms with E-state index in [0.717, 1.165) is 24.4 Å². The molecule has 1 aliphatic rings. The standard InChI is InChI=1S/C26H35N3O3/c1-28(22-14-6-3-7-15-22)26(31)20-32-24-17-9-8-16-23(24)29(25(30)19-27)18-10-13-21-11-4-2-5-12-21/h3,6-9,14-17,21H,2,4-5,10-13,18-20,27H2,1H3. The van der Waals surface area contributed by atoms with Crippen molar-refractivity contribution in [3.63, 3.8) is 0 Å². The van der Waals surface area contributed by atoms with Crippen LogP contribution >= 0.6 is 0 Å². The fraction of sp³-hybridized carbons (Fsp3) is 0.462. The van der Waals surface area contributed by atoms with Crippen LogP contribution in [0.1, 0.15) is 44.9 Å². The third kappa shape index (κ3) is 6.57. The first-order chi connectivity index (χ1) is 15.6. The van der Waals surface area contributed by atoms with Gasteiger partial charge in [0.15, 0.2) is 6.61 Å². The molecule has 0 saturated heterocycles. The summed E-state index contributed by atoms with van der Waals surface area (Å²) in [4.78, 5) is 28.6. The van der Waals surface area contributed by atoms with Crippen molar-refractivity contribution in [2.24, 2.45) is 11.7 Å². The molecule has 2 N–H and O–H groups in total. The normalized spacial score (nSPS) is 14.1. The number of nitrogens with zero attached hydrogens (tertiary/aromatic N) is 2. The van der Waals surface area contributed by atoms with Gasteiger partial charge in [-0.3, -0.25) is 9.59 Å². The molecule has 6 nitrogen and oxygen atoms in total. The van der Waals surface area contributed by atoms with Crippen LogP contribution in [-0.4, -0.2) is 38.6 Å². The van der Waals surface area contributed by atoms with Crippen molar-refractivity contribution in [3.05, 3.63) is 54.6 Å². The Balaban J connectivity index is 1.64. The smallest absolute Gasteiger partial charge is 0.264 e. The number of rotatable bonds is 10. The summed E-state index contributed by atoms with van der Waals surface area (Å²) in [6, 6.07) is 16.8. The highest BCUT2D eigenvalue weighted by atomic mass is 16.5. The first-order valence-corrected chi connectivity index (χ1v) is 11.6. The van der Waals surface area contributed by atoms with Crippen LogP contribution in [0.3, 0.4) is 0 Å². The molecule has 0 aliphatic heterocycles. The molecule has 3 rings (SSSR count). The minimum atomic E-state index is -0.167. The molecule has 32 heavy (non-hydrogen) atoms. The van der Waals surface area contributed by atoms with E-state index in [2.05, 4.69) is 0 Å². The monoisotopic (exact) mass is 437 g/mol. The predicted octanol–water partition coefficient (Wildman–Crippen LogP) is 4.38. The van der Waals surface area contributed by atoms with Gasteiger partial charge in [-0.2, -0.15) is 0 Å². The number of carbonyl (C=O) groups excluding carboxylic acids is 2. The van der Waals surface area contributed by atoms with Gasteiger partial charge < -0.3 is 20.3 Å². The Morgan fingerprint density at radius 3 is 2.38 bits per heavy atom. The highest BCUT2D eigenvalue weighted by Gasteiger charge is 2.21. The van der Waals surface area contributed by atoms with Crippen LogP contribution in [0.4, 0.5) is 11.4 Å². The number of hydrogen-bond acceptors (Lipinski definition) is 4. The van der Waals surface area contributed by atoms with E-state index in [4.69, 9.17) is 10.5 Å². The molecule has 2 amide bonds. The summed E-state index contributed by atoms with van der Waals surface area (Å²) in [6.45, 7) is 0.424. The van der Waals surface area contributed by atoms with Gasteiger partial charge in [0, 0.05) is 19.3 Å². The van der Waals surface area contributed by atoms with Crippen LogP contribution < -0.4 is 20.3 Å². The van der Waals surface area contributed by atoms with E-state index in [1.807, 2.05) is 48.5 Å². The second kappa shape index (κ2) is 12.2. The Morgan fingerprint density at radius 2 is 1.66 bits per heavy atom. The summed E-state index contributed by atoms with van der Waals surface area (Å²) in [7, 11) is 1.72. The molecular formula is C26H35N3O3. The third-order valence-electron chi connectivity index (χ3n) is 6.22. The maximum absolute atomic E-state index is 12.6. The molecule has 0 aromatic heterocycles. The Labute approximate surface area is 191 Å². The highest BCUT2D eigenvalue weighted by Crippen LogP contribution is 2.31. The van der Waals surface area contributed by atoms with Crippen molar-refractivity contribution in [2.75, 3.05) is 36.5 Å². The van der Waals surface area contributed by atoms with Gasteiger partial charge in [0.05, 0.1) is 12.2 Å². The maximum atomic E-state index is 12.6. The first-order valence-electron chi connectivity index (χ1n) is 11.6. The molecule has 1 aliphatic carbocycles. The molecule has 0 spiro atoms. The largest absolute Gasteiger partial charge is 0.482 e. The predicted molar refractivity (Wildman–Crippen MR) is 129 cm³/mol. The molecule has 1 saturated carbocycles. The zero-order valence-corrected chi connectivity index (χ0v) is 19.0. The number of anilines is 2. The van der Waals surface area contributed by atoms with Crippen LogP contribution in [0.25, 0.3) is 0 Å². The Morgan fingerprint density at radius 1 is 0.969 bits per heavy atom. The molecular weight excluding hydrogens is 402 g/mol. The van der Waals surface area contributed by atoms with Crippen molar-refractivity contribution in [1.82, 2.24) is 0 Å². The fourth-order valence-corrected chi connectivity index (χ4v) is 4.34. The molecule has 0 bridgehead atoms. The lowest BCUT2D eigenvalue weighted by Crippen LogP contribution is -2.37. The number of carbonyl (C=O) groups is 2. The van der Waals surface area contributed by atoms with E-state index < -0.39 is 0 Å². The number of ether oxygens (including phenoxy) is 1. The van der Waals surface area contributed by atoms with Gasteiger partial charge in [-0.25, -0.2) is 0 Å². The second-order valence-electron chi connectivity index (χ2n) is 8.44. The highest BCUT2D eigenvalue weighted by molar-refractivity contribution is 5.96. The Hall–Kier alpha value is -2.86. The van der Waals surface area contributed by atoms with Crippen molar-refractivity contribution in [2.45, 2.75) is 44.9 Å². The van der Waals surface area contributed by atoms with Crippen LogP contribution in [0.15, 0.2) is 54.6 Å². The van der Waals surface area contributed by atoms with Crippen molar-refractivity contribution >= 4 is 23.2 Å². The van der Waals surface area contributed by atoms with Crippen molar-refractivity contribution in [1.29, 1.82) is 0 Å². The van der Waals surface area contributed by atoms with Crippen LogP contribution in [0.5, 0.6) is 5.75 Å². The molecule has 1 fully saturated rings. The number of likely N-dealkylation sites (N-methyl/N-ethyl adjacent to an activating group) is 1. The SMILES string of the molecule is CN(C(=O)COc1ccccc1N(CCCC1CCCCC1)C(=O)CN)c1ccccc1. The van der Waals surface area contributed by atoms with Gasteiger partial charge in [-0.05, 0) is 43.0 Å². The zero-order chi connectivity index (χ0) is 22.8. The van der Waals surface area contributed by atoms with E-state index in [0.29, 0.717) is 18.0 Å². The molecule has 6 heteroatoms. The van der Waals surface area contributed by atoms with Gasteiger partial charge in [0.1, 0.15) is 5.75 Å². The number of benzene rings is 2. The molecule has 2 aromatic rings. The Bertz CT molecular complexity index is 866. The molecule has 0 atom stereocenters. The van der Waals surface area contributed by atoms with E-state index in [1.54, 1.807) is 22.9 Å². The topological polar surface area (TPSA) is 75.9 Å². The summed E-state index contributed by atoms with van der Waals surface area (Å²) >= 11 is 0. The van der Waals surface area contributed by atoms with Gasteiger partial charge in [0.25, 0.3) is 5.91 Å². The van der Waals surface area contributed by atoms with E-state index in [1.165, 1.54) is 32.1 Å². The van der Waals surface area contributed by atoms with E-state index in [9.17, 15) is 9.59 Å². The lowest BCUT2D eigenvalue weighted by Gasteiger charge is -2.27. The average Bonchev–Trinajstić information content (AvgIpc) is 2.85. The number of amides is 2. The summed E-state index contributed by atoms with van der Waals surface area (Å²) in [5.41, 5.74) is 7.18. The van der Waals surface area contributed by atoms with Crippen LogP contribution in [0, 0.1) is 5.92 Å². The molecule has 0 radical (unpaired) electrons. The Kier molecular flexibility index (Phi) is 9.11. The molecule has 2 aromatic carbocycles. The average molecular weight is 438 g/mol. The summed E-state index contributed by atoms with van der Waals surface area (Å²) < 4.78 is 5.89. The van der Waals surface area contributed by atoms with Crippen LogP contribution in [-0.2, 0) is 9.59 Å². The molecule has 0 unspecified atom stereocenters. The summed E-state index contributed by atoms with van der Waals surface area (Å²) in [5.74, 6) is 0.968. The first kappa shape index (κ1) is 23.8. The van der Waals surface area contributed by atoms with Crippen LogP contribution in [0.2, 0.25) is 0 Å². The summed E-state index contributed by atoms with van der Waals surface area (Å²) in [6.07, 6.45) is 8.62. The minimum Gasteiger partial charge on any atom is -0.482 e. The van der Waals surface area contributed by atoms with Gasteiger partial charge >= 0.3 is 0 Å². The minimum absolute atomic E-state index is 0.0621. The quantitative estimate of drug-likeness (QED) is 0.598. The zero-order valence-electron chi connectivity index (χ0n) is 19.0. The van der Waals surface area contributed by atoms with Gasteiger partial charge in [0.2, 0.25) is 5.91 Å². The maximum Gasteiger partial charge on any atom is 0.264 e. The van der Waals surface area contributed by atoms with E-state index >= 15 is 0 Å². The number of hydrogen-bond donors (Lipinski definition) is 1. The number of nitrogens with two attached hydrogens (primary N) is 1. The van der Waals surface area contributed by atoms with Gasteiger partial charge in [-0.15, -0.1) is 0 Å². The van der Waals surface area contributed by atoms with Crippen molar-refractivity contribution in [3.8, 4) is 5.75 Å². The van der Waals surface area contributed by atoms with E-state index in [-0.39, 0.29) is 25.0 Å². The lowest BCUT2D eigenvalue weighted by molar-refractivity contribution is -0.120.